The molecule has 0 saturated heterocycles. The van der Waals surface area contributed by atoms with Gasteiger partial charge in [-0.25, -0.2) is 4.79 Å². The average molecular weight is 253 g/mol. The maximum Gasteiger partial charge on any atom is 0.355 e. The Kier molecular flexibility index (Phi) is 5.23. The van der Waals surface area contributed by atoms with Crippen LogP contribution >= 0.6 is 0 Å². The van der Waals surface area contributed by atoms with E-state index < -0.39 is 5.97 Å². The number of aromatic nitrogens is 1. The van der Waals surface area contributed by atoms with Crippen LogP contribution in [0.3, 0.4) is 0 Å². The monoisotopic (exact) mass is 253 g/mol. The number of anilines is 1. The smallest absolute Gasteiger partial charge is 0.355 e. The van der Waals surface area contributed by atoms with Gasteiger partial charge in [0.05, 0.1) is 5.69 Å². The van der Waals surface area contributed by atoms with Crippen LogP contribution in [0.2, 0.25) is 0 Å². The van der Waals surface area contributed by atoms with E-state index >= 15 is 0 Å². The molecule has 0 spiro atoms. The van der Waals surface area contributed by atoms with Crippen molar-refractivity contribution in [2.75, 3.05) is 18.9 Å². The highest BCUT2D eigenvalue weighted by molar-refractivity contribution is 5.91. The predicted molar refractivity (Wildman–Crippen MR) is 68.1 cm³/mol. The van der Waals surface area contributed by atoms with Crippen molar-refractivity contribution in [1.29, 1.82) is 0 Å². The zero-order chi connectivity index (χ0) is 13.5. The first-order chi connectivity index (χ1) is 8.58. The van der Waals surface area contributed by atoms with Crippen LogP contribution in [-0.4, -0.2) is 29.6 Å². The SMILES string of the molecule is CCCn1cc(N)cc1C(=O)OCC(=O)NCC. The van der Waals surface area contributed by atoms with Crippen LogP contribution in [-0.2, 0) is 16.1 Å². The van der Waals surface area contributed by atoms with E-state index in [-0.39, 0.29) is 12.5 Å². The number of nitrogens with one attached hydrogen (secondary N) is 1. The van der Waals surface area contributed by atoms with Gasteiger partial charge in [0.15, 0.2) is 6.61 Å². The van der Waals surface area contributed by atoms with E-state index in [0.29, 0.717) is 24.5 Å². The molecule has 0 aliphatic carbocycles. The summed E-state index contributed by atoms with van der Waals surface area (Å²) < 4.78 is 6.65. The fourth-order valence-corrected chi connectivity index (χ4v) is 1.58. The molecular formula is C12H19N3O3. The van der Waals surface area contributed by atoms with Gasteiger partial charge in [0.2, 0.25) is 0 Å². The molecule has 0 saturated carbocycles. The van der Waals surface area contributed by atoms with Crippen LogP contribution in [0.25, 0.3) is 0 Å². The summed E-state index contributed by atoms with van der Waals surface area (Å²) in [6, 6.07) is 1.55. The van der Waals surface area contributed by atoms with Crippen molar-refractivity contribution in [3.05, 3.63) is 18.0 Å². The fraction of sp³-hybridized carbons (Fsp3) is 0.500. The maximum atomic E-state index is 11.8. The van der Waals surface area contributed by atoms with Crippen LogP contribution < -0.4 is 11.1 Å². The molecule has 0 aromatic carbocycles. The molecule has 1 heterocycles. The number of hydrogen-bond acceptors (Lipinski definition) is 4. The lowest BCUT2D eigenvalue weighted by Crippen LogP contribution is -2.28. The quantitative estimate of drug-likeness (QED) is 0.733. The highest BCUT2D eigenvalue weighted by Crippen LogP contribution is 2.12. The van der Waals surface area contributed by atoms with Gasteiger partial charge in [-0.1, -0.05) is 6.92 Å². The molecule has 18 heavy (non-hydrogen) atoms. The minimum Gasteiger partial charge on any atom is -0.451 e. The summed E-state index contributed by atoms with van der Waals surface area (Å²) in [6.07, 6.45) is 2.57. The summed E-state index contributed by atoms with van der Waals surface area (Å²) in [4.78, 5) is 23.0. The number of likely N-dealkylation sites (N-methyl/N-ethyl adjacent to an activating group) is 1. The molecule has 0 aliphatic heterocycles. The topological polar surface area (TPSA) is 86.3 Å². The average Bonchev–Trinajstić information content (AvgIpc) is 2.68. The number of nitrogens with zero attached hydrogens (tertiary/aromatic N) is 1. The number of nitrogen functional groups attached to an aromatic ring is 1. The van der Waals surface area contributed by atoms with Gasteiger partial charge >= 0.3 is 5.97 Å². The minimum absolute atomic E-state index is 0.274. The van der Waals surface area contributed by atoms with Gasteiger partial charge in [-0.15, -0.1) is 0 Å². The largest absolute Gasteiger partial charge is 0.451 e. The number of hydrogen-bond donors (Lipinski definition) is 2. The summed E-state index contributed by atoms with van der Waals surface area (Å²) in [7, 11) is 0. The molecular weight excluding hydrogens is 234 g/mol. The number of esters is 1. The van der Waals surface area contributed by atoms with Crippen molar-refractivity contribution in [2.24, 2.45) is 0 Å². The number of rotatable bonds is 6. The normalized spacial score (nSPS) is 10.1. The number of carbonyl (C=O) groups is 2. The lowest BCUT2D eigenvalue weighted by Gasteiger charge is -2.07. The van der Waals surface area contributed by atoms with E-state index in [1.54, 1.807) is 23.8 Å². The summed E-state index contributed by atoms with van der Waals surface area (Å²) >= 11 is 0. The first-order valence-electron chi connectivity index (χ1n) is 5.98. The van der Waals surface area contributed by atoms with Crippen molar-refractivity contribution in [3.8, 4) is 0 Å². The van der Waals surface area contributed by atoms with Gasteiger partial charge in [-0.05, 0) is 19.4 Å². The second kappa shape index (κ2) is 6.68. The Balaban J connectivity index is 2.63. The van der Waals surface area contributed by atoms with Gasteiger partial charge < -0.3 is 20.4 Å². The number of amides is 1. The molecule has 3 N–H and O–H groups in total. The lowest BCUT2D eigenvalue weighted by atomic mass is 10.4. The van der Waals surface area contributed by atoms with Gasteiger partial charge in [-0.2, -0.15) is 0 Å². The number of nitrogens with two attached hydrogens (primary N) is 1. The van der Waals surface area contributed by atoms with E-state index in [4.69, 9.17) is 10.5 Å². The van der Waals surface area contributed by atoms with Crippen LogP contribution in [0.1, 0.15) is 30.8 Å². The van der Waals surface area contributed by atoms with E-state index in [0.717, 1.165) is 6.42 Å². The molecule has 0 aliphatic rings. The highest BCUT2D eigenvalue weighted by atomic mass is 16.5. The third kappa shape index (κ3) is 3.80. The van der Waals surface area contributed by atoms with E-state index in [1.807, 2.05) is 6.92 Å². The third-order valence-electron chi connectivity index (χ3n) is 2.30. The summed E-state index contributed by atoms with van der Waals surface area (Å²) in [6.45, 7) is 4.72. The number of ether oxygens (including phenoxy) is 1. The zero-order valence-corrected chi connectivity index (χ0v) is 10.7. The summed E-state index contributed by atoms with van der Waals surface area (Å²) in [5, 5.41) is 2.55. The first-order valence-corrected chi connectivity index (χ1v) is 5.98. The minimum atomic E-state index is -0.536. The molecule has 6 heteroatoms. The highest BCUT2D eigenvalue weighted by Gasteiger charge is 2.15. The molecule has 0 unspecified atom stereocenters. The van der Waals surface area contributed by atoms with Crippen molar-refractivity contribution in [3.63, 3.8) is 0 Å². The number of aryl methyl sites for hydroxylation is 1. The molecule has 0 fully saturated rings. The van der Waals surface area contributed by atoms with Crippen LogP contribution in [0.15, 0.2) is 12.3 Å². The second-order valence-electron chi connectivity index (χ2n) is 3.88. The Hall–Kier alpha value is -1.98. The Morgan fingerprint density at radius 2 is 2.17 bits per heavy atom. The molecule has 1 amide bonds. The Morgan fingerprint density at radius 1 is 1.44 bits per heavy atom. The summed E-state index contributed by atoms with van der Waals surface area (Å²) in [5.74, 6) is -0.848. The summed E-state index contributed by atoms with van der Waals surface area (Å²) in [5.41, 5.74) is 6.52. The van der Waals surface area contributed by atoms with Gasteiger partial charge in [0.25, 0.3) is 5.91 Å². The molecule has 1 rings (SSSR count). The zero-order valence-electron chi connectivity index (χ0n) is 10.7. The van der Waals surface area contributed by atoms with Crippen molar-refractivity contribution < 1.29 is 14.3 Å². The van der Waals surface area contributed by atoms with Gasteiger partial charge in [0, 0.05) is 19.3 Å². The van der Waals surface area contributed by atoms with Crippen molar-refractivity contribution in [1.82, 2.24) is 9.88 Å². The van der Waals surface area contributed by atoms with Gasteiger partial charge in [-0.3, -0.25) is 4.79 Å². The molecule has 1 aromatic rings. The van der Waals surface area contributed by atoms with Crippen LogP contribution in [0.5, 0.6) is 0 Å². The standard InChI is InChI=1S/C12H19N3O3/c1-3-5-15-7-9(13)6-10(15)12(17)18-8-11(16)14-4-2/h6-7H,3-5,8,13H2,1-2H3,(H,14,16). The first kappa shape index (κ1) is 14.1. The Labute approximate surface area is 106 Å². The molecule has 100 valence electrons. The van der Waals surface area contributed by atoms with Crippen molar-refractivity contribution in [2.45, 2.75) is 26.8 Å². The molecule has 0 bridgehead atoms. The second-order valence-corrected chi connectivity index (χ2v) is 3.88. The maximum absolute atomic E-state index is 11.8. The van der Waals surface area contributed by atoms with E-state index in [1.165, 1.54) is 0 Å². The Bertz CT molecular complexity index is 426. The van der Waals surface area contributed by atoms with Crippen LogP contribution in [0, 0.1) is 0 Å². The Morgan fingerprint density at radius 3 is 2.78 bits per heavy atom. The molecule has 1 aromatic heterocycles. The number of carbonyl (C=O) groups excluding carboxylic acids is 2. The van der Waals surface area contributed by atoms with Crippen molar-refractivity contribution >= 4 is 17.6 Å². The van der Waals surface area contributed by atoms with Gasteiger partial charge in [0.1, 0.15) is 5.69 Å². The molecule has 0 atom stereocenters. The van der Waals surface area contributed by atoms with E-state index in [9.17, 15) is 9.59 Å². The molecule has 0 radical (unpaired) electrons. The third-order valence-corrected chi connectivity index (χ3v) is 2.30. The van der Waals surface area contributed by atoms with Crippen LogP contribution in [0.4, 0.5) is 5.69 Å². The fourth-order valence-electron chi connectivity index (χ4n) is 1.58. The van der Waals surface area contributed by atoms with E-state index in [2.05, 4.69) is 5.32 Å². The molecule has 6 nitrogen and oxygen atoms in total. The lowest BCUT2D eigenvalue weighted by molar-refractivity contribution is -0.124. The predicted octanol–water partition coefficient (Wildman–Crippen LogP) is 0.773.